The van der Waals surface area contributed by atoms with Crippen LogP contribution in [0.5, 0.6) is 23.0 Å². The quantitative estimate of drug-likeness (QED) is 0.743. The number of methoxy groups -OCH3 is 2. The summed E-state index contributed by atoms with van der Waals surface area (Å²) in [7, 11) is 3.08. The molecule has 1 unspecified atom stereocenters. The third kappa shape index (κ3) is 3.16. The first-order chi connectivity index (χ1) is 11.5. The molecule has 6 heteroatoms. The van der Waals surface area contributed by atoms with Crippen LogP contribution in [-0.2, 0) is 12.8 Å². The zero-order chi connectivity index (χ0) is 17.3. The third-order valence-corrected chi connectivity index (χ3v) is 5.11. The van der Waals surface area contributed by atoms with Crippen LogP contribution < -0.4 is 14.8 Å². The lowest BCUT2D eigenvalue weighted by Gasteiger charge is -2.28. The van der Waals surface area contributed by atoms with Crippen LogP contribution in [0.25, 0.3) is 0 Å². The van der Waals surface area contributed by atoms with Crippen LogP contribution in [-0.4, -0.2) is 31.0 Å². The maximum atomic E-state index is 10.1. The van der Waals surface area contributed by atoms with Gasteiger partial charge in [0.2, 0.25) is 0 Å². The first-order valence-electron chi connectivity index (χ1n) is 7.72. The van der Waals surface area contributed by atoms with Crippen molar-refractivity contribution in [3.63, 3.8) is 0 Å². The number of hydrogen-bond acceptors (Lipinski definition) is 5. The molecule has 1 atom stereocenters. The van der Waals surface area contributed by atoms with Crippen LogP contribution >= 0.6 is 15.9 Å². The Labute approximate surface area is 149 Å². The van der Waals surface area contributed by atoms with Gasteiger partial charge >= 0.3 is 0 Å². The molecule has 3 N–H and O–H groups in total. The van der Waals surface area contributed by atoms with E-state index in [1.54, 1.807) is 25.3 Å². The van der Waals surface area contributed by atoms with Crippen molar-refractivity contribution < 1.29 is 19.7 Å². The minimum Gasteiger partial charge on any atom is -0.504 e. The number of halogens is 1. The molecule has 1 aliphatic rings. The van der Waals surface area contributed by atoms with Gasteiger partial charge in [-0.3, -0.25) is 0 Å². The number of ether oxygens (including phenoxy) is 2. The van der Waals surface area contributed by atoms with E-state index in [4.69, 9.17) is 9.47 Å². The van der Waals surface area contributed by atoms with E-state index in [2.05, 4.69) is 21.2 Å². The molecule has 128 valence electrons. The van der Waals surface area contributed by atoms with E-state index in [9.17, 15) is 10.2 Å². The van der Waals surface area contributed by atoms with Crippen LogP contribution in [0.1, 0.15) is 22.7 Å². The molecule has 2 aromatic rings. The topological polar surface area (TPSA) is 71.0 Å². The predicted octanol–water partition coefficient (Wildman–Crippen LogP) is 3.31. The van der Waals surface area contributed by atoms with E-state index in [0.717, 1.165) is 28.6 Å². The van der Waals surface area contributed by atoms with E-state index in [1.165, 1.54) is 12.7 Å². The molecule has 24 heavy (non-hydrogen) atoms. The average molecular weight is 394 g/mol. The summed E-state index contributed by atoms with van der Waals surface area (Å²) in [6.07, 6.45) is 1.56. The van der Waals surface area contributed by atoms with Crippen molar-refractivity contribution in [1.29, 1.82) is 0 Å². The summed E-state index contributed by atoms with van der Waals surface area (Å²) in [5, 5.41) is 23.6. The maximum absolute atomic E-state index is 10.1. The fourth-order valence-electron chi connectivity index (χ4n) is 3.13. The van der Waals surface area contributed by atoms with Gasteiger partial charge in [-0.05, 0) is 60.3 Å². The second-order valence-corrected chi connectivity index (χ2v) is 6.65. The van der Waals surface area contributed by atoms with Crippen molar-refractivity contribution in [1.82, 2.24) is 5.32 Å². The average Bonchev–Trinajstić information content (AvgIpc) is 2.57. The Morgan fingerprint density at radius 3 is 2.46 bits per heavy atom. The summed E-state index contributed by atoms with van der Waals surface area (Å²) in [6, 6.07) is 7.19. The highest BCUT2D eigenvalue weighted by atomic mass is 79.9. The lowest BCUT2D eigenvalue weighted by Crippen LogP contribution is -2.31. The standard InChI is InChI=1S/C18H20BrNO4/c1-23-17-7-10-3-4-20-14(12(10)8-16(17)22)5-11-6-15(21)18(24-2)9-13(11)19/h6-9,14,20-22H,3-5H2,1-2H3. The minimum absolute atomic E-state index is 0.0506. The van der Waals surface area contributed by atoms with Gasteiger partial charge in [0.15, 0.2) is 23.0 Å². The van der Waals surface area contributed by atoms with Gasteiger partial charge in [-0.1, -0.05) is 15.9 Å². The first kappa shape index (κ1) is 16.9. The van der Waals surface area contributed by atoms with E-state index in [0.29, 0.717) is 17.9 Å². The van der Waals surface area contributed by atoms with E-state index in [1.807, 2.05) is 6.07 Å². The molecule has 0 amide bonds. The third-order valence-electron chi connectivity index (χ3n) is 4.37. The molecule has 5 nitrogen and oxygen atoms in total. The van der Waals surface area contributed by atoms with Gasteiger partial charge in [0.05, 0.1) is 14.2 Å². The lowest BCUT2D eigenvalue weighted by atomic mass is 9.90. The molecule has 0 radical (unpaired) electrons. The highest BCUT2D eigenvalue weighted by Crippen LogP contribution is 2.38. The fraction of sp³-hybridized carbons (Fsp3) is 0.333. The van der Waals surface area contributed by atoms with Crippen LogP contribution in [0.4, 0.5) is 0 Å². The first-order valence-corrected chi connectivity index (χ1v) is 8.51. The molecule has 0 saturated heterocycles. The van der Waals surface area contributed by atoms with Gasteiger partial charge in [0, 0.05) is 10.5 Å². The van der Waals surface area contributed by atoms with Crippen molar-refractivity contribution in [3.8, 4) is 23.0 Å². The molecular formula is C18H20BrNO4. The Hall–Kier alpha value is -1.92. The van der Waals surface area contributed by atoms with Gasteiger partial charge in [-0.15, -0.1) is 0 Å². The highest BCUT2D eigenvalue weighted by molar-refractivity contribution is 9.10. The lowest BCUT2D eigenvalue weighted by molar-refractivity contribution is 0.369. The fourth-order valence-corrected chi connectivity index (χ4v) is 3.62. The summed E-state index contributed by atoms with van der Waals surface area (Å²) >= 11 is 3.54. The predicted molar refractivity (Wildman–Crippen MR) is 95.2 cm³/mol. The van der Waals surface area contributed by atoms with Crippen LogP contribution in [0, 0.1) is 0 Å². The zero-order valence-corrected chi connectivity index (χ0v) is 15.2. The van der Waals surface area contributed by atoms with Crippen LogP contribution in [0.3, 0.4) is 0 Å². The minimum atomic E-state index is 0.0506. The summed E-state index contributed by atoms with van der Waals surface area (Å²) < 4.78 is 11.2. The molecule has 2 aromatic carbocycles. The molecule has 0 spiro atoms. The Morgan fingerprint density at radius 1 is 1.08 bits per heavy atom. The maximum Gasteiger partial charge on any atom is 0.161 e. The molecule has 1 aliphatic heterocycles. The van der Waals surface area contributed by atoms with Crippen LogP contribution in [0.2, 0.25) is 0 Å². The van der Waals surface area contributed by atoms with E-state index in [-0.39, 0.29) is 17.5 Å². The van der Waals surface area contributed by atoms with Crippen molar-refractivity contribution in [2.75, 3.05) is 20.8 Å². The zero-order valence-electron chi connectivity index (χ0n) is 13.6. The van der Waals surface area contributed by atoms with E-state index >= 15 is 0 Å². The molecule has 1 heterocycles. The molecule has 0 fully saturated rings. The summed E-state index contributed by atoms with van der Waals surface area (Å²) in [6.45, 7) is 0.853. The second kappa shape index (κ2) is 6.91. The van der Waals surface area contributed by atoms with Gasteiger partial charge in [-0.2, -0.15) is 0 Å². The van der Waals surface area contributed by atoms with E-state index < -0.39 is 0 Å². The number of nitrogens with one attached hydrogen (secondary N) is 1. The van der Waals surface area contributed by atoms with Gasteiger partial charge in [0.1, 0.15) is 0 Å². The number of benzene rings is 2. The largest absolute Gasteiger partial charge is 0.504 e. The number of fused-ring (bicyclic) bond motifs is 1. The monoisotopic (exact) mass is 393 g/mol. The summed E-state index contributed by atoms with van der Waals surface area (Å²) in [5.41, 5.74) is 3.19. The van der Waals surface area contributed by atoms with Crippen molar-refractivity contribution >= 4 is 15.9 Å². The smallest absolute Gasteiger partial charge is 0.161 e. The number of phenols is 2. The molecule has 0 aliphatic carbocycles. The molecule has 0 bridgehead atoms. The van der Waals surface area contributed by atoms with Crippen LogP contribution in [0.15, 0.2) is 28.7 Å². The van der Waals surface area contributed by atoms with Gasteiger partial charge in [-0.25, -0.2) is 0 Å². The van der Waals surface area contributed by atoms with Crippen molar-refractivity contribution in [3.05, 3.63) is 45.4 Å². The number of hydrogen-bond donors (Lipinski definition) is 3. The van der Waals surface area contributed by atoms with Gasteiger partial charge in [0.25, 0.3) is 0 Å². The molecular weight excluding hydrogens is 374 g/mol. The molecule has 0 saturated carbocycles. The van der Waals surface area contributed by atoms with Gasteiger partial charge < -0.3 is 25.0 Å². The van der Waals surface area contributed by atoms with Crippen molar-refractivity contribution in [2.24, 2.45) is 0 Å². The highest BCUT2D eigenvalue weighted by Gasteiger charge is 2.23. The molecule has 0 aromatic heterocycles. The Kier molecular flexibility index (Phi) is 4.87. The summed E-state index contributed by atoms with van der Waals surface area (Å²) in [4.78, 5) is 0. The molecule has 3 rings (SSSR count). The second-order valence-electron chi connectivity index (χ2n) is 5.80. The Bertz CT molecular complexity index is 763. The Balaban J connectivity index is 1.93. The number of rotatable bonds is 4. The SMILES string of the molecule is COc1cc(Br)c(CC2NCCc3cc(OC)c(O)cc32)cc1O. The number of phenolic OH excluding ortho intramolecular Hbond substituents is 2. The summed E-state index contributed by atoms with van der Waals surface area (Å²) in [5.74, 6) is 1.19. The number of aromatic hydroxyl groups is 2. The Morgan fingerprint density at radius 2 is 1.75 bits per heavy atom. The van der Waals surface area contributed by atoms with Crippen molar-refractivity contribution in [2.45, 2.75) is 18.9 Å². The normalized spacial score (nSPS) is 16.5.